The van der Waals surface area contributed by atoms with Crippen LogP contribution in [-0.4, -0.2) is 39.6 Å². The average Bonchev–Trinajstić information content (AvgIpc) is 3.70. The van der Waals surface area contributed by atoms with Gasteiger partial charge in [-0.25, -0.2) is 9.97 Å². The standard InChI is InChI=1S/C28H30N6O/c1-3-22(29-12-1)27-31-16-24(33-27)18-7-5-17(6-8-18)19-9-10-20-25(15-19)35-14-11-21-26(20)34-28(32-21)23-4-2-13-30-23/h5-10,15-16,22-23,29-30H,1-4,11-14H2,(H,31,33)(H,32,34)/t22-,23?/m0/s1. The van der Waals surface area contributed by atoms with E-state index in [-0.39, 0.29) is 0 Å². The molecule has 2 saturated heterocycles. The molecule has 2 aromatic heterocycles. The quantitative estimate of drug-likeness (QED) is 0.343. The number of imidazole rings is 2. The Morgan fingerprint density at radius 2 is 1.54 bits per heavy atom. The summed E-state index contributed by atoms with van der Waals surface area (Å²) in [6.07, 6.45) is 7.48. The number of hydrogen-bond donors (Lipinski definition) is 4. The average molecular weight is 467 g/mol. The lowest BCUT2D eigenvalue weighted by atomic mass is 10.00. The Morgan fingerprint density at radius 3 is 2.31 bits per heavy atom. The number of nitrogens with zero attached hydrogens (tertiary/aromatic N) is 2. The minimum Gasteiger partial charge on any atom is -0.492 e. The Hall–Kier alpha value is -3.42. The van der Waals surface area contributed by atoms with Crippen LogP contribution in [-0.2, 0) is 6.42 Å². The van der Waals surface area contributed by atoms with Crippen LogP contribution >= 0.6 is 0 Å². The lowest BCUT2D eigenvalue weighted by Crippen LogP contribution is -2.14. The number of rotatable bonds is 4. The molecule has 7 nitrogen and oxygen atoms in total. The summed E-state index contributed by atoms with van der Waals surface area (Å²) in [6.45, 7) is 2.79. The number of fused-ring (bicyclic) bond motifs is 3. The van der Waals surface area contributed by atoms with E-state index in [0.29, 0.717) is 18.7 Å². The van der Waals surface area contributed by atoms with E-state index in [1.165, 1.54) is 24.1 Å². The number of benzene rings is 2. The van der Waals surface area contributed by atoms with Gasteiger partial charge in [0, 0.05) is 17.7 Å². The van der Waals surface area contributed by atoms with Gasteiger partial charge in [-0.3, -0.25) is 0 Å². The van der Waals surface area contributed by atoms with Crippen LogP contribution in [0.2, 0.25) is 0 Å². The molecule has 3 aliphatic heterocycles. The maximum absolute atomic E-state index is 6.17. The highest BCUT2D eigenvalue weighted by molar-refractivity contribution is 5.77. The zero-order valence-electron chi connectivity index (χ0n) is 19.7. The predicted molar refractivity (Wildman–Crippen MR) is 136 cm³/mol. The predicted octanol–water partition coefficient (Wildman–Crippen LogP) is 4.92. The van der Waals surface area contributed by atoms with E-state index < -0.39 is 0 Å². The molecule has 178 valence electrons. The molecule has 0 saturated carbocycles. The molecule has 2 fully saturated rings. The minimum absolute atomic E-state index is 0.337. The molecule has 2 atom stereocenters. The van der Waals surface area contributed by atoms with Gasteiger partial charge in [-0.2, -0.15) is 0 Å². The highest BCUT2D eigenvalue weighted by atomic mass is 16.5. The molecule has 0 spiro atoms. The van der Waals surface area contributed by atoms with Crippen LogP contribution in [0.4, 0.5) is 0 Å². The summed E-state index contributed by atoms with van der Waals surface area (Å²) in [5.74, 6) is 3.00. The van der Waals surface area contributed by atoms with Crippen LogP contribution in [0.3, 0.4) is 0 Å². The van der Waals surface area contributed by atoms with Gasteiger partial charge in [0.1, 0.15) is 17.4 Å². The van der Waals surface area contributed by atoms with Crippen molar-refractivity contribution in [3.8, 4) is 39.4 Å². The molecule has 7 rings (SSSR count). The normalized spacial score (nSPS) is 21.4. The maximum atomic E-state index is 6.17. The van der Waals surface area contributed by atoms with Gasteiger partial charge in [-0.15, -0.1) is 0 Å². The van der Waals surface area contributed by atoms with Crippen molar-refractivity contribution in [3.63, 3.8) is 0 Å². The van der Waals surface area contributed by atoms with E-state index in [0.717, 1.165) is 77.8 Å². The first kappa shape index (κ1) is 20.9. The van der Waals surface area contributed by atoms with Gasteiger partial charge in [0.05, 0.1) is 36.3 Å². The van der Waals surface area contributed by atoms with Gasteiger partial charge in [0.2, 0.25) is 0 Å². The first-order chi connectivity index (χ1) is 17.3. The second kappa shape index (κ2) is 8.66. The molecule has 4 N–H and O–H groups in total. The van der Waals surface area contributed by atoms with E-state index >= 15 is 0 Å². The fraction of sp³-hybridized carbons (Fsp3) is 0.357. The smallest absolute Gasteiger partial charge is 0.129 e. The Kier molecular flexibility index (Phi) is 5.17. The first-order valence-electron chi connectivity index (χ1n) is 12.8. The second-order valence-electron chi connectivity index (χ2n) is 9.82. The molecule has 35 heavy (non-hydrogen) atoms. The summed E-state index contributed by atoms with van der Waals surface area (Å²) in [5, 5.41) is 7.05. The number of aromatic nitrogens is 4. The molecule has 5 heterocycles. The first-order valence-corrected chi connectivity index (χ1v) is 12.8. The minimum atomic E-state index is 0.337. The van der Waals surface area contributed by atoms with Crippen LogP contribution in [0.25, 0.3) is 33.6 Å². The van der Waals surface area contributed by atoms with Crippen molar-refractivity contribution in [1.82, 2.24) is 30.6 Å². The molecule has 0 bridgehead atoms. The van der Waals surface area contributed by atoms with Crippen molar-refractivity contribution < 1.29 is 4.74 Å². The highest BCUT2D eigenvalue weighted by Crippen LogP contribution is 2.38. The number of hydrogen-bond acceptors (Lipinski definition) is 5. The second-order valence-corrected chi connectivity index (χ2v) is 9.82. The topological polar surface area (TPSA) is 90.6 Å². The van der Waals surface area contributed by atoms with Gasteiger partial charge >= 0.3 is 0 Å². The van der Waals surface area contributed by atoms with E-state index in [4.69, 9.17) is 9.72 Å². The van der Waals surface area contributed by atoms with Gasteiger partial charge in [-0.05, 0) is 67.6 Å². The van der Waals surface area contributed by atoms with E-state index in [1.807, 2.05) is 6.20 Å². The summed E-state index contributed by atoms with van der Waals surface area (Å²) in [6, 6.07) is 15.8. The van der Waals surface area contributed by atoms with Crippen LogP contribution in [0, 0.1) is 0 Å². The van der Waals surface area contributed by atoms with E-state index in [2.05, 4.69) is 68.1 Å². The van der Waals surface area contributed by atoms with Gasteiger partial charge in [0.15, 0.2) is 0 Å². The summed E-state index contributed by atoms with van der Waals surface area (Å²) >= 11 is 0. The summed E-state index contributed by atoms with van der Waals surface area (Å²) in [5.41, 5.74) is 7.80. The van der Waals surface area contributed by atoms with Crippen molar-refractivity contribution >= 4 is 0 Å². The van der Waals surface area contributed by atoms with Gasteiger partial charge < -0.3 is 25.3 Å². The Morgan fingerprint density at radius 1 is 0.800 bits per heavy atom. The number of ether oxygens (including phenoxy) is 1. The fourth-order valence-corrected chi connectivity index (χ4v) is 5.62. The Bertz CT molecular complexity index is 1340. The van der Waals surface area contributed by atoms with Crippen molar-refractivity contribution in [2.75, 3.05) is 19.7 Å². The van der Waals surface area contributed by atoms with Gasteiger partial charge in [0.25, 0.3) is 0 Å². The number of nitrogens with one attached hydrogen (secondary N) is 4. The van der Waals surface area contributed by atoms with Crippen LogP contribution < -0.4 is 15.4 Å². The van der Waals surface area contributed by atoms with Crippen LogP contribution in [0.15, 0.2) is 48.7 Å². The molecule has 7 heteroatoms. The third-order valence-corrected chi connectivity index (χ3v) is 7.55. The van der Waals surface area contributed by atoms with Crippen LogP contribution in [0.5, 0.6) is 5.75 Å². The maximum Gasteiger partial charge on any atom is 0.129 e. The Labute approximate surface area is 204 Å². The third kappa shape index (κ3) is 3.85. The summed E-state index contributed by atoms with van der Waals surface area (Å²) < 4.78 is 6.17. The van der Waals surface area contributed by atoms with Crippen molar-refractivity contribution in [2.45, 2.75) is 44.2 Å². The lowest BCUT2D eigenvalue weighted by Gasteiger charge is -2.11. The molecular formula is C28H30N6O. The molecule has 0 aliphatic carbocycles. The van der Waals surface area contributed by atoms with E-state index in [1.54, 1.807) is 0 Å². The third-order valence-electron chi connectivity index (χ3n) is 7.55. The van der Waals surface area contributed by atoms with Crippen molar-refractivity contribution in [3.05, 3.63) is 66.0 Å². The largest absolute Gasteiger partial charge is 0.492 e. The summed E-state index contributed by atoms with van der Waals surface area (Å²) in [4.78, 5) is 16.7. The highest BCUT2D eigenvalue weighted by Gasteiger charge is 2.25. The molecular weight excluding hydrogens is 436 g/mol. The van der Waals surface area contributed by atoms with Crippen molar-refractivity contribution in [1.29, 1.82) is 0 Å². The van der Waals surface area contributed by atoms with Crippen molar-refractivity contribution in [2.24, 2.45) is 0 Å². The molecule has 4 aromatic rings. The molecule has 0 radical (unpaired) electrons. The van der Waals surface area contributed by atoms with E-state index in [9.17, 15) is 0 Å². The van der Waals surface area contributed by atoms with Crippen LogP contribution in [0.1, 0.15) is 55.1 Å². The molecule has 0 amide bonds. The molecule has 1 unspecified atom stereocenters. The lowest BCUT2D eigenvalue weighted by molar-refractivity contribution is 0.325. The SMILES string of the molecule is c1cc(-c2cnc([C@@H]3CCCN3)[nH]2)ccc1-c1ccc2c(c1)OCCc1[nH]c(C3CCCN3)nc1-2. The zero-order valence-corrected chi connectivity index (χ0v) is 19.7. The number of H-pyrrole nitrogens is 2. The van der Waals surface area contributed by atoms with Gasteiger partial charge in [-0.1, -0.05) is 30.3 Å². The number of aromatic amines is 2. The molecule has 3 aliphatic rings. The summed E-state index contributed by atoms with van der Waals surface area (Å²) in [7, 11) is 0. The zero-order chi connectivity index (χ0) is 23.2. The Balaban J connectivity index is 1.15. The monoisotopic (exact) mass is 466 g/mol. The fourth-order valence-electron chi connectivity index (χ4n) is 5.62. The molecule has 2 aromatic carbocycles.